The lowest BCUT2D eigenvalue weighted by Crippen LogP contribution is -2.17. The molecule has 2 heteroatoms. The quantitative estimate of drug-likeness (QED) is 0.808. The van der Waals surface area contributed by atoms with Gasteiger partial charge in [0.15, 0.2) is 0 Å². The van der Waals surface area contributed by atoms with Crippen molar-refractivity contribution in [1.82, 2.24) is 4.98 Å². The molecular weight excluding hydrogens is 184 g/mol. The maximum Gasteiger partial charge on any atom is 0.0707 e. The molecule has 2 aromatic rings. The van der Waals surface area contributed by atoms with Gasteiger partial charge in [-0.05, 0) is 38.0 Å². The predicted octanol–water partition coefficient (Wildman–Crippen LogP) is 2.43. The SMILES string of the molecule is Cc1ccc2ccc(CC(C)N)cc2n1. The third-order valence-electron chi connectivity index (χ3n) is 2.45. The van der Waals surface area contributed by atoms with E-state index in [1.807, 2.05) is 19.9 Å². The van der Waals surface area contributed by atoms with Crippen LogP contribution in [0.15, 0.2) is 30.3 Å². The minimum absolute atomic E-state index is 0.201. The van der Waals surface area contributed by atoms with Crippen molar-refractivity contribution in [1.29, 1.82) is 0 Å². The van der Waals surface area contributed by atoms with Crippen LogP contribution in [0.25, 0.3) is 10.9 Å². The Bertz CT molecular complexity index is 475. The van der Waals surface area contributed by atoms with E-state index in [0.717, 1.165) is 17.6 Å². The van der Waals surface area contributed by atoms with Gasteiger partial charge >= 0.3 is 0 Å². The van der Waals surface area contributed by atoms with Crippen LogP contribution in [0.5, 0.6) is 0 Å². The first-order valence-corrected chi connectivity index (χ1v) is 5.27. The fourth-order valence-corrected chi connectivity index (χ4v) is 1.76. The smallest absolute Gasteiger partial charge is 0.0707 e. The fraction of sp³-hybridized carbons (Fsp3) is 0.308. The van der Waals surface area contributed by atoms with Crippen molar-refractivity contribution in [2.24, 2.45) is 5.73 Å². The molecule has 0 aliphatic rings. The monoisotopic (exact) mass is 200 g/mol. The van der Waals surface area contributed by atoms with Gasteiger partial charge in [-0.25, -0.2) is 0 Å². The number of nitrogens with zero attached hydrogens (tertiary/aromatic N) is 1. The van der Waals surface area contributed by atoms with E-state index in [2.05, 4.69) is 29.2 Å². The van der Waals surface area contributed by atoms with Gasteiger partial charge in [-0.15, -0.1) is 0 Å². The molecule has 2 nitrogen and oxygen atoms in total. The van der Waals surface area contributed by atoms with Gasteiger partial charge in [0.2, 0.25) is 0 Å². The van der Waals surface area contributed by atoms with Crippen LogP contribution in [-0.4, -0.2) is 11.0 Å². The van der Waals surface area contributed by atoms with Crippen LogP contribution in [0.2, 0.25) is 0 Å². The minimum atomic E-state index is 0.201. The van der Waals surface area contributed by atoms with Gasteiger partial charge in [0.05, 0.1) is 5.52 Å². The van der Waals surface area contributed by atoms with E-state index in [1.165, 1.54) is 10.9 Å². The number of pyridine rings is 1. The number of nitrogens with two attached hydrogens (primary N) is 1. The van der Waals surface area contributed by atoms with Gasteiger partial charge in [0.1, 0.15) is 0 Å². The summed E-state index contributed by atoms with van der Waals surface area (Å²) in [4.78, 5) is 4.50. The topological polar surface area (TPSA) is 38.9 Å². The molecule has 15 heavy (non-hydrogen) atoms. The summed E-state index contributed by atoms with van der Waals surface area (Å²) in [5.41, 5.74) is 9.16. The number of aromatic nitrogens is 1. The van der Waals surface area contributed by atoms with Crippen LogP contribution in [0.1, 0.15) is 18.2 Å². The first-order chi connectivity index (χ1) is 7.15. The lowest BCUT2D eigenvalue weighted by molar-refractivity contribution is 0.738. The van der Waals surface area contributed by atoms with E-state index in [-0.39, 0.29) is 6.04 Å². The Morgan fingerprint density at radius 3 is 2.73 bits per heavy atom. The lowest BCUT2D eigenvalue weighted by Gasteiger charge is -2.06. The molecule has 2 N–H and O–H groups in total. The van der Waals surface area contributed by atoms with Gasteiger partial charge in [-0.3, -0.25) is 4.98 Å². The molecule has 0 saturated heterocycles. The minimum Gasteiger partial charge on any atom is -0.328 e. The molecule has 1 aromatic heterocycles. The summed E-state index contributed by atoms with van der Waals surface area (Å²) in [6, 6.07) is 10.7. The summed E-state index contributed by atoms with van der Waals surface area (Å²) in [6.07, 6.45) is 0.908. The summed E-state index contributed by atoms with van der Waals surface area (Å²) in [5, 5.41) is 1.19. The highest BCUT2D eigenvalue weighted by Gasteiger charge is 2.00. The second-order valence-corrected chi connectivity index (χ2v) is 4.16. The number of fused-ring (bicyclic) bond motifs is 1. The summed E-state index contributed by atoms with van der Waals surface area (Å²) < 4.78 is 0. The Morgan fingerprint density at radius 1 is 1.27 bits per heavy atom. The lowest BCUT2D eigenvalue weighted by atomic mass is 10.1. The van der Waals surface area contributed by atoms with Crippen molar-refractivity contribution in [3.63, 3.8) is 0 Å². The molecule has 0 bridgehead atoms. The van der Waals surface area contributed by atoms with Crippen LogP contribution >= 0.6 is 0 Å². The average molecular weight is 200 g/mol. The van der Waals surface area contributed by atoms with E-state index >= 15 is 0 Å². The van der Waals surface area contributed by atoms with E-state index in [1.54, 1.807) is 0 Å². The molecule has 1 unspecified atom stereocenters. The zero-order valence-electron chi connectivity index (χ0n) is 9.20. The molecule has 0 radical (unpaired) electrons. The highest BCUT2D eigenvalue weighted by Crippen LogP contribution is 2.15. The summed E-state index contributed by atoms with van der Waals surface area (Å²) in [6.45, 7) is 4.03. The van der Waals surface area contributed by atoms with Crippen LogP contribution in [0.4, 0.5) is 0 Å². The van der Waals surface area contributed by atoms with Gasteiger partial charge in [0, 0.05) is 17.1 Å². The molecule has 0 amide bonds. The summed E-state index contributed by atoms with van der Waals surface area (Å²) in [5.74, 6) is 0. The highest BCUT2D eigenvalue weighted by molar-refractivity contribution is 5.79. The van der Waals surface area contributed by atoms with Crippen molar-refractivity contribution in [2.45, 2.75) is 26.3 Å². The fourth-order valence-electron chi connectivity index (χ4n) is 1.76. The van der Waals surface area contributed by atoms with Crippen LogP contribution in [0, 0.1) is 6.92 Å². The van der Waals surface area contributed by atoms with Crippen molar-refractivity contribution in [3.8, 4) is 0 Å². The largest absolute Gasteiger partial charge is 0.328 e. The molecule has 0 aliphatic heterocycles. The maximum atomic E-state index is 5.78. The van der Waals surface area contributed by atoms with E-state index in [0.29, 0.717) is 0 Å². The second kappa shape index (κ2) is 3.99. The molecule has 1 heterocycles. The highest BCUT2D eigenvalue weighted by atomic mass is 14.7. The van der Waals surface area contributed by atoms with Gasteiger partial charge < -0.3 is 5.73 Å². The van der Waals surface area contributed by atoms with Crippen LogP contribution < -0.4 is 5.73 Å². The van der Waals surface area contributed by atoms with Crippen molar-refractivity contribution in [3.05, 3.63) is 41.6 Å². The molecule has 0 fully saturated rings. The van der Waals surface area contributed by atoms with Gasteiger partial charge in [0.25, 0.3) is 0 Å². The van der Waals surface area contributed by atoms with E-state index in [4.69, 9.17) is 5.73 Å². The zero-order valence-corrected chi connectivity index (χ0v) is 9.20. The Kier molecular flexibility index (Phi) is 2.69. The third-order valence-corrected chi connectivity index (χ3v) is 2.45. The maximum absolute atomic E-state index is 5.78. The van der Waals surface area contributed by atoms with E-state index in [9.17, 15) is 0 Å². The van der Waals surface area contributed by atoms with Crippen molar-refractivity contribution in [2.75, 3.05) is 0 Å². The number of rotatable bonds is 2. The van der Waals surface area contributed by atoms with Gasteiger partial charge in [-0.2, -0.15) is 0 Å². The Balaban J connectivity index is 2.45. The van der Waals surface area contributed by atoms with Crippen LogP contribution in [-0.2, 0) is 6.42 Å². The average Bonchev–Trinajstić information content (AvgIpc) is 2.16. The van der Waals surface area contributed by atoms with Gasteiger partial charge in [-0.1, -0.05) is 18.2 Å². The first kappa shape index (κ1) is 10.1. The predicted molar refractivity (Wildman–Crippen MR) is 63.8 cm³/mol. The molecular formula is C13H16N2. The van der Waals surface area contributed by atoms with E-state index < -0.39 is 0 Å². The van der Waals surface area contributed by atoms with Crippen molar-refractivity contribution < 1.29 is 0 Å². The summed E-state index contributed by atoms with van der Waals surface area (Å²) in [7, 11) is 0. The second-order valence-electron chi connectivity index (χ2n) is 4.16. The molecule has 78 valence electrons. The number of benzene rings is 1. The molecule has 0 spiro atoms. The first-order valence-electron chi connectivity index (χ1n) is 5.27. The Hall–Kier alpha value is -1.41. The zero-order chi connectivity index (χ0) is 10.8. The molecule has 2 rings (SSSR count). The number of hydrogen-bond donors (Lipinski definition) is 1. The Labute approximate surface area is 90.1 Å². The number of aryl methyl sites for hydroxylation is 1. The molecule has 0 saturated carbocycles. The third kappa shape index (κ3) is 2.34. The molecule has 1 atom stereocenters. The standard InChI is InChI=1S/C13H16N2/c1-9(14)7-11-4-6-12-5-3-10(2)15-13(12)8-11/h3-6,8-9H,7,14H2,1-2H3. The van der Waals surface area contributed by atoms with Crippen molar-refractivity contribution >= 4 is 10.9 Å². The normalized spacial score (nSPS) is 13.0. The van der Waals surface area contributed by atoms with Crippen LogP contribution in [0.3, 0.4) is 0 Å². The molecule has 1 aromatic carbocycles. The Morgan fingerprint density at radius 2 is 2.00 bits per heavy atom. The number of hydrogen-bond acceptors (Lipinski definition) is 2. The molecule has 0 aliphatic carbocycles. The summed E-state index contributed by atoms with van der Waals surface area (Å²) >= 11 is 0.